The molecule has 2 aromatic heterocycles. The molecule has 3 rings (SSSR count). The molecular formula is C15H15N5O3. The fourth-order valence-corrected chi connectivity index (χ4v) is 2.10. The van der Waals surface area contributed by atoms with Crippen LogP contribution in [0.5, 0.6) is 5.75 Å². The number of fused-ring (bicyclic) bond motifs is 1. The summed E-state index contributed by atoms with van der Waals surface area (Å²) in [4.78, 5) is 30.8. The SMILES string of the molecule is CCc1nc2[nH]c(=O)cc(NC(=O)c3ccc(OC)cc3)n2n1. The minimum absolute atomic E-state index is 0.261. The van der Waals surface area contributed by atoms with Gasteiger partial charge in [-0.2, -0.15) is 9.50 Å². The zero-order chi connectivity index (χ0) is 16.4. The third-order valence-electron chi connectivity index (χ3n) is 3.29. The van der Waals surface area contributed by atoms with Gasteiger partial charge in [-0.1, -0.05) is 6.92 Å². The van der Waals surface area contributed by atoms with Gasteiger partial charge in [-0.15, -0.1) is 5.10 Å². The highest BCUT2D eigenvalue weighted by molar-refractivity contribution is 6.03. The van der Waals surface area contributed by atoms with E-state index in [1.54, 1.807) is 31.4 Å². The average Bonchev–Trinajstić information content (AvgIpc) is 2.98. The fourth-order valence-electron chi connectivity index (χ4n) is 2.10. The monoisotopic (exact) mass is 313 g/mol. The number of hydrogen-bond donors (Lipinski definition) is 2. The summed E-state index contributed by atoms with van der Waals surface area (Å²) in [6.45, 7) is 1.91. The van der Waals surface area contributed by atoms with Gasteiger partial charge >= 0.3 is 0 Å². The minimum Gasteiger partial charge on any atom is -0.497 e. The second kappa shape index (κ2) is 5.91. The largest absolute Gasteiger partial charge is 0.497 e. The molecule has 8 heteroatoms. The predicted molar refractivity (Wildman–Crippen MR) is 83.9 cm³/mol. The van der Waals surface area contributed by atoms with Gasteiger partial charge in [-0.05, 0) is 24.3 Å². The highest BCUT2D eigenvalue weighted by Crippen LogP contribution is 2.13. The molecule has 8 nitrogen and oxygen atoms in total. The summed E-state index contributed by atoms with van der Waals surface area (Å²) in [5.41, 5.74) is 0.0765. The number of anilines is 1. The van der Waals surface area contributed by atoms with Crippen molar-refractivity contribution in [1.82, 2.24) is 19.6 Å². The molecule has 0 spiro atoms. The van der Waals surface area contributed by atoms with Gasteiger partial charge in [0.1, 0.15) is 11.6 Å². The first-order chi connectivity index (χ1) is 11.1. The fraction of sp³-hybridized carbons (Fsp3) is 0.200. The van der Waals surface area contributed by atoms with E-state index in [1.807, 2.05) is 6.92 Å². The zero-order valence-corrected chi connectivity index (χ0v) is 12.7. The number of aryl methyl sites for hydroxylation is 1. The first-order valence-electron chi connectivity index (χ1n) is 7.05. The van der Waals surface area contributed by atoms with Gasteiger partial charge in [0.2, 0.25) is 5.78 Å². The number of hydrogen-bond acceptors (Lipinski definition) is 5. The maximum atomic E-state index is 12.3. The van der Waals surface area contributed by atoms with Crippen molar-refractivity contribution < 1.29 is 9.53 Å². The molecular weight excluding hydrogens is 298 g/mol. The average molecular weight is 313 g/mol. The molecule has 1 amide bonds. The lowest BCUT2D eigenvalue weighted by molar-refractivity contribution is 0.102. The van der Waals surface area contributed by atoms with Crippen LogP contribution in [0.15, 0.2) is 35.1 Å². The first-order valence-corrected chi connectivity index (χ1v) is 7.05. The number of rotatable bonds is 4. The van der Waals surface area contributed by atoms with Gasteiger partial charge in [-0.3, -0.25) is 14.6 Å². The second-order valence-electron chi connectivity index (χ2n) is 4.82. The normalized spacial score (nSPS) is 10.7. The van der Waals surface area contributed by atoms with Crippen LogP contribution in [0.2, 0.25) is 0 Å². The van der Waals surface area contributed by atoms with Gasteiger partial charge in [-0.25, -0.2) is 0 Å². The number of methoxy groups -OCH3 is 1. The molecule has 0 saturated heterocycles. The summed E-state index contributed by atoms with van der Waals surface area (Å²) >= 11 is 0. The molecule has 23 heavy (non-hydrogen) atoms. The van der Waals surface area contributed by atoms with Crippen LogP contribution in [-0.4, -0.2) is 32.6 Å². The second-order valence-corrected chi connectivity index (χ2v) is 4.82. The summed E-state index contributed by atoms with van der Waals surface area (Å²) in [6.07, 6.45) is 0.621. The van der Waals surface area contributed by atoms with E-state index in [4.69, 9.17) is 4.74 Å². The quantitative estimate of drug-likeness (QED) is 0.754. The molecule has 0 radical (unpaired) electrons. The van der Waals surface area contributed by atoms with Crippen molar-refractivity contribution in [3.05, 3.63) is 52.1 Å². The van der Waals surface area contributed by atoms with E-state index in [1.165, 1.54) is 10.6 Å². The Hall–Kier alpha value is -3.16. The van der Waals surface area contributed by atoms with Crippen molar-refractivity contribution in [3.63, 3.8) is 0 Å². The third kappa shape index (κ3) is 2.91. The van der Waals surface area contributed by atoms with E-state index in [0.717, 1.165) is 0 Å². The summed E-state index contributed by atoms with van der Waals surface area (Å²) in [6, 6.07) is 7.91. The number of aromatic nitrogens is 4. The summed E-state index contributed by atoms with van der Waals surface area (Å²) in [5, 5.41) is 6.92. The lowest BCUT2D eigenvalue weighted by Gasteiger charge is -2.07. The molecule has 0 atom stereocenters. The number of ether oxygens (including phenoxy) is 1. The Morgan fingerprint density at radius 1 is 1.35 bits per heavy atom. The van der Waals surface area contributed by atoms with E-state index in [-0.39, 0.29) is 17.3 Å². The van der Waals surface area contributed by atoms with Crippen molar-refractivity contribution in [1.29, 1.82) is 0 Å². The van der Waals surface area contributed by atoms with Crippen molar-refractivity contribution >= 4 is 17.5 Å². The highest BCUT2D eigenvalue weighted by Gasteiger charge is 2.12. The molecule has 3 aromatic rings. The molecule has 0 aliphatic carbocycles. The van der Waals surface area contributed by atoms with Gasteiger partial charge in [0.25, 0.3) is 11.5 Å². The Balaban J connectivity index is 1.94. The summed E-state index contributed by atoms with van der Waals surface area (Å²) < 4.78 is 6.46. The van der Waals surface area contributed by atoms with Crippen LogP contribution in [0, 0.1) is 0 Å². The van der Waals surface area contributed by atoms with Crippen molar-refractivity contribution in [2.24, 2.45) is 0 Å². The van der Waals surface area contributed by atoms with Crippen LogP contribution in [0.4, 0.5) is 5.82 Å². The molecule has 0 saturated carbocycles. The van der Waals surface area contributed by atoms with E-state index in [2.05, 4.69) is 20.4 Å². The maximum Gasteiger partial charge on any atom is 0.256 e. The molecule has 0 aliphatic rings. The van der Waals surface area contributed by atoms with Crippen molar-refractivity contribution in [2.75, 3.05) is 12.4 Å². The molecule has 2 N–H and O–H groups in total. The predicted octanol–water partition coefficient (Wildman–Crippen LogP) is 1.24. The number of H-pyrrole nitrogens is 1. The smallest absolute Gasteiger partial charge is 0.256 e. The lowest BCUT2D eigenvalue weighted by atomic mass is 10.2. The van der Waals surface area contributed by atoms with Gasteiger partial charge < -0.3 is 10.1 Å². The number of benzene rings is 1. The Kier molecular flexibility index (Phi) is 3.80. The van der Waals surface area contributed by atoms with Crippen LogP contribution >= 0.6 is 0 Å². The molecule has 0 fully saturated rings. The van der Waals surface area contributed by atoms with Gasteiger partial charge in [0, 0.05) is 18.1 Å². The molecule has 0 bridgehead atoms. The topological polar surface area (TPSA) is 101 Å². The summed E-state index contributed by atoms with van der Waals surface area (Å²) in [5.74, 6) is 1.43. The van der Waals surface area contributed by atoms with E-state index >= 15 is 0 Å². The van der Waals surface area contributed by atoms with Crippen LogP contribution < -0.4 is 15.6 Å². The van der Waals surface area contributed by atoms with Crippen LogP contribution in [0.1, 0.15) is 23.1 Å². The van der Waals surface area contributed by atoms with E-state index in [9.17, 15) is 9.59 Å². The van der Waals surface area contributed by atoms with E-state index in [0.29, 0.717) is 29.3 Å². The lowest BCUT2D eigenvalue weighted by Crippen LogP contribution is -2.18. The number of aromatic amines is 1. The Labute approximate surface area is 131 Å². The van der Waals surface area contributed by atoms with Crippen molar-refractivity contribution in [3.8, 4) is 5.75 Å². The summed E-state index contributed by atoms with van der Waals surface area (Å²) in [7, 11) is 1.55. The molecule has 0 aliphatic heterocycles. The Morgan fingerprint density at radius 3 is 2.74 bits per heavy atom. The van der Waals surface area contributed by atoms with Crippen LogP contribution in [0.3, 0.4) is 0 Å². The highest BCUT2D eigenvalue weighted by atomic mass is 16.5. The van der Waals surface area contributed by atoms with Crippen LogP contribution in [0.25, 0.3) is 5.78 Å². The first kappa shape index (κ1) is 14.8. The van der Waals surface area contributed by atoms with E-state index < -0.39 is 0 Å². The number of carbonyl (C=O) groups excluding carboxylic acids is 1. The zero-order valence-electron chi connectivity index (χ0n) is 12.7. The number of amides is 1. The number of carbonyl (C=O) groups is 1. The van der Waals surface area contributed by atoms with Gasteiger partial charge in [0.05, 0.1) is 7.11 Å². The standard InChI is InChI=1S/C15H15N5O3/c1-3-11-16-15-18-13(21)8-12(20(15)19-11)17-14(22)9-4-6-10(23-2)7-5-9/h4-8H,3H2,1-2H3,(H,17,22)(H,16,18,19,21). The Bertz CT molecular complexity index is 911. The number of nitrogens with zero attached hydrogens (tertiary/aromatic N) is 3. The Morgan fingerprint density at radius 2 is 2.09 bits per heavy atom. The number of nitrogens with one attached hydrogen (secondary N) is 2. The molecule has 1 aromatic carbocycles. The maximum absolute atomic E-state index is 12.3. The van der Waals surface area contributed by atoms with Crippen LogP contribution in [-0.2, 0) is 6.42 Å². The van der Waals surface area contributed by atoms with Gasteiger partial charge in [0.15, 0.2) is 5.82 Å². The molecule has 118 valence electrons. The molecule has 2 heterocycles. The minimum atomic E-state index is -0.363. The molecule has 0 unspecified atom stereocenters. The van der Waals surface area contributed by atoms with Crippen molar-refractivity contribution in [2.45, 2.75) is 13.3 Å². The third-order valence-corrected chi connectivity index (χ3v) is 3.29.